The highest BCUT2D eigenvalue weighted by Gasteiger charge is 2.27. The van der Waals surface area contributed by atoms with Gasteiger partial charge < -0.3 is 19.8 Å². The van der Waals surface area contributed by atoms with Crippen LogP contribution >= 0.6 is 0 Å². The summed E-state index contributed by atoms with van der Waals surface area (Å²) in [6.07, 6.45) is 2.31. The largest absolute Gasteiger partial charge is 0.493 e. The number of hydrogen-bond acceptors (Lipinski definition) is 4. The molecule has 1 atom stereocenters. The molecule has 0 bridgehead atoms. The molecule has 140 valence electrons. The summed E-state index contributed by atoms with van der Waals surface area (Å²) >= 11 is 0. The number of amides is 1. The van der Waals surface area contributed by atoms with Crippen molar-refractivity contribution in [2.45, 2.75) is 19.3 Å². The van der Waals surface area contributed by atoms with Crippen LogP contribution < -0.4 is 14.8 Å². The molecule has 6 heteroatoms. The van der Waals surface area contributed by atoms with Gasteiger partial charge in [0.25, 0.3) is 0 Å². The number of hydrogen-bond donors (Lipinski definition) is 2. The maximum absolute atomic E-state index is 12.5. The molecule has 1 amide bonds. The van der Waals surface area contributed by atoms with Gasteiger partial charge in [0, 0.05) is 13.0 Å². The average molecular weight is 365 g/mol. The Morgan fingerprint density at radius 2 is 2.19 bits per heavy atom. The number of nitrogens with one attached hydrogen (secondary N) is 2. The van der Waals surface area contributed by atoms with Crippen LogP contribution in [0.3, 0.4) is 0 Å². The fraction of sp³-hybridized carbons (Fsp3) is 0.333. The smallest absolute Gasteiger partial charge is 0.226 e. The summed E-state index contributed by atoms with van der Waals surface area (Å²) in [7, 11) is 1.62. The predicted octanol–water partition coefficient (Wildman–Crippen LogP) is 2.87. The summed E-state index contributed by atoms with van der Waals surface area (Å²) in [4.78, 5) is 20.3. The van der Waals surface area contributed by atoms with Crippen LogP contribution in [0.15, 0.2) is 42.5 Å². The molecule has 0 aliphatic carbocycles. The van der Waals surface area contributed by atoms with E-state index in [1.807, 2.05) is 42.5 Å². The molecule has 1 unspecified atom stereocenters. The number of nitrogens with zero attached hydrogens (tertiary/aromatic N) is 1. The third-order valence-corrected chi connectivity index (χ3v) is 4.87. The molecule has 0 radical (unpaired) electrons. The Labute approximate surface area is 157 Å². The summed E-state index contributed by atoms with van der Waals surface area (Å²) in [6.45, 7) is 1.00. The Hall–Kier alpha value is -3.02. The molecule has 0 spiro atoms. The van der Waals surface area contributed by atoms with Crippen LogP contribution in [-0.2, 0) is 17.6 Å². The van der Waals surface area contributed by atoms with E-state index in [-0.39, 0.29) is 11.8 Å². The van der Waals surface area contributed by atoms with Gasteiger partial charge in [0.05, 0.1) is 24.1 Å². The highest BCUT2D eigenvalue weighted by Crippen LogP contribution is 2.36. The van der Waals surface area contributed by atoms with Crippen LogP contribution in [0.2, 0.25) is 0 Å². The Bertz CT molecular complexity index is 918. The van der Waals surface area contributed by atoms with Crippen LogP contribution in [0.25, 0.3) is 11.0 Å². The van der Waals surface area contributed by atoms with Crippen LogP contribution in [-0.4, -0.2) is 36.1 Å². The Kier molecular flexibility index (Phi) is 4.96. The fourth-order valence-electron chi connectivity index (χ4n) is 3.46. The standard InChI is InChI=1S/C21H23N3O3/c1-26-18-9-4-6-14-12-15(13-27-20(14)18)21(25)22-11-5-10-19-23-16-7-2-3-8-17(16)24-19/h2-4,6-9,15H,5,10-13H2,1H3,(H,22,25)(H,23,24). The minimum absolute atomic E-state index is 0.0353. The van der Waals surface area contributed by atoms with Gasteiger partial charge >= 0.3 is 0 Å². The van der Waals surface area contributed by atoms with Crippen molar-refractivity contribution in [1.29, 1.82) is 0 Å². The van der Waals surface area contributed by atoms with Gasteiger partial charge in [-0.25, -0.2) is 4.98 Å². The minimum Gasteiger partial charge on any atom is -0.493 e. The molecule has 0 saturated carbocycles. The van der Waals surface area contributed by atoms with Crippen molar-refractivity contribution in [2.75, 3.05) is 20.3 Å². The molecule has 0 saturated heterocycles. The zero-order valence-electron chi connectivity index (χ0n) is 15.3. The van der Waals surface area contributed by atoms with Crippen molar-refractivity contribution in [3.8, 4) is 11.5 Å². The van der Waals surface area contributed by atoms with Gasteiger partial charge in [-0.1, -0.05) is 24.3 Å². The number of ether oxygens (including phenoxy) is 2. The van der Waals surface area contributed by atoms with Crippen LogP contribution in [0.5, 0.6) is 11.5 Å². The number of carbonyl (C=O) groups excluding carboxylic acids is 1. The molecule has 1 aliphatic rings. The van der Waals surface area contributed by atoms with Gasteiger partial charge in [0.2, 0.25) is 5.91 Å². The Morgan fingerprint density at radius 1 is 1.30 bits per heavy atom. The Balaban J connectivity index is 1.27. The van der Waals surface area contributed by atoms with Crippen molar-refractivity contribution in [3.05, 3.63) is 53.9 Å². The van der Waals surface area contributed by atoms with E-state index in [2.05, 4.69) is 15.3 Å². The number of fused-ring (bicyclic) bond motifs is 2. The predicted molar refractivity (Wildman–Crippen MR) is 103 cm³/mol. The summed E-state index contributed by atoms with van der Waals surface area (Å²) < 4.78 is 11.1. The van der Waals surface area contributed by atoms with Crippen molar-refractivity contribution in [3.63, 3.8) is 0 Å². The van der Waals surface area contributed by atoms with Crippen molar-refractivity contribution >= 4 is 16.9 Å². The summed E-state index contributed by atoms with van der Waals surface area (Å²) in [5.74, 6) is 2.29. The molecule has 3 aromatic rings. The third kappa shape index (κ3) is 3.74. The average Bonchev–Trinajstić information content (AvgIpc) is 3.13. The Morgan fingerprint density at radius 3 is 3.04 bits per heavy atom. The zero-order chi connectivity index (χ0) is 18.6. The van der Waals surface area contributed by atoms with Gasteiger partial charge in [-0.15, -0.1) is 0 Å². The number of benzene rings is 2. The normalized spacial score (nSPS) is 15.8. The minimum atomic E-state index is -0.171. The molecule has 2 heterocycles. The lowest BCUT2D eigenvalue weighted by atomic mass is 9.95. The van der Waals surface area contributed by atoms with Gasteiger partial charge in [-0.05, 0) is 36.6 Å². The van der Waals surface area contributed by atoms with Gasteiger partial charge in [0.1, 0.15) is 12.4 Å². The van der Waals surface area contributed by atoms with Crippen LogP contribution in [0, 0.1) is 5.92 Å². The number of aryl methyl sites for hydroxylation is 1. The number of para-hydroxylation sites is 3. The number of H-pyrrole nitrogens is 1. The molecule has 27 heavy (non-hydrogen) atoms. The molecule has 2 N–H and O–H groups in total. The summed E-state index contributed by atoms with van der Waals surface area (Å²) in [6, 6.07) is 13.8. The first-order chi connectivity index (χ1) is 13.2. The number of imidazole rings is 1. The molecule has 2 aromatic carbocycles. The van der Waals surface area contributed by atoms with E-state index >= 15 is 0 Å². The van der Waals surface area contributed by atoms with E-state index in [0.29, 0.717) is 19.6 Å². The topological polar surface area (TPSA) is 76.2 Å². The lowest BCUT2D eigenvalue weighted by Gasteiger charge is -2.25. The number of carbonyl (C=O) groups is 1. The molecule has 4 rings (SSSR count). The highest BCUT2D eigenvalue weighted by molar-refractivity contribution is 5.79. The summed E-state index contributed by atoms with van der Waals surface area (Å²) in [5, 5.41) is 3.02. The van der Waals surface area contributed by atoms with E-state index in [9.17, 15) is 4.79 Å². The van der Waals surface area contributed by atoms with Gasteiger partial charge in [-0.3, -0.25) is 4.79 Å². The molecule has 6 nitrogen and oxygen atoms in total. The second-order valence-corrected chi connectivity index (χ2v) is 6.76. The van der Waals surface area contributed by atoms with Crippen molar-refractivity contribution < 1.29 is 14.3 Å². The maximum Gasteiger partial charge on any atom is 0.226 e. The number of rotatable bonds is 6. The molecule has 0 fully saturated rings. The van der Waals surface area contributed by atoms with Crippen molar-refractivity contribution in [1.82, 2.24) is 15.3 Å². The molecular weight excluding hydrogens is 342 g/mol. The first-order valence-electron chi connectivity index (χ1n) is 9.24. The van der Waals surface area contributed by atoms with E-state index in [0.717, 1.165) is 46.8 Å². The summed E-state index contributed by atoms with van der Waals surface area (Å²) in [5.41, 5.74) is 3.04. The third-order valence-electron chi connectivity index (χ3n) is 4.87. The van der Waals surface area contributed by atoms with E-state index in [1.54, 1.807) is 7.11 Å². The molecule has 1 aliphatic heterocycles. The van der Waals surface area contributed by atoms with Crippen LogP contribution in [0.1, 0.15) is 17.8 Å². The monoisotopic (exact) mass is 365 g/mol. The lowest BCUT2D eigenvalue weighted by molar-refractivity contribution is -0.126. The quantitative estimate of drug-likeness (QED) is 0.659. The molecular formula is C21H23N3O3. The first kappa shape index (κ1) is 17.4. The van der Waals surface area contributed by atoms with E-state index in [4.69, 9.17) is 9.47 Å². The maximum atomic E-state index is 12.5. The second kappa shape index (κ2) is 7.70. The first-order valence-corrected chi connectivity index (χ1v) is 9.24. The zero-order valence-corrected chi connectivity index (χ0v) is 15.3. The SMILES string of the molecule is COc1cccc2c1OCC(C(=O)NCCCc1nc3ccccc3[nH]1)C2. The molecule has 1 aromatic heterocycles. The lowest BCUT2D eigenvalue weighted by Crippen LogP contribution is -2.37. The second-order valence-electron chi connectivity index (χ2n) is 6.76. The van der Waals surface area contributed by atoms with Gasteiger partial charge in [-0.2, -0.15) is 0 Å². The van der Waals surface area contributed by atoms with Crippen LogP contribution in [0.4, 0.5) is 0 Å². The van der Waals surface area contributed by atoms with Crippen molar-refractivity contribution in [2.24, 2.45) is 5.92 Å². The fourth-order valence-corrected chi connectivity index (χ4v) is 3.46. The number of aromatic amines is 1. The highest BCUT2D eigenvalue weighted by atomic mass is 16.5. The van der Waals surface area contributed by atoms with Gasteiger partial charge in [0.15, 0.2) is 11.5 Å². The number of methoxy groups -OCH3 is 1. The van der Waals surface area contributed by atoms with E-state index < -0.39 is 0 Å². The van der Waals surface area contributed by atoms with E-state index in [1.165, 1.54) is 0 Å². The number of aromatic nitrogens is 2.